The van der Waals surface area contributed by atoms with Crippen LogP contribution in [0, 0.1) is 6.92 Å². The van der Waals surface area contributed by atoms with Crippen LogP contribution in [0.25, 0.3) is 0 Å². The predicted molar refractivity (Wildman–Crippen MR) is 82.3 cm³/mol. The second-order valence-electron chi connectivity index (χ2n) is 5.14. The van der Waals surface area contributed by atoms with Crippen LogP contribution >= 0.6 is 0 Å². The fourth-order valence-corrected chi connectivity index (χ4v) is 2.43. The van der Waals surface area contributed by atoms with Crippen LogP contribution in [0.3, 0.4) is 0 Å². The number of hydrogen-bond donors (Lipinski definition) is 1. The minimum absolute atomic E-state index is 0.597. The Labute approximate surface area is 118 Å². The van der Waals surface area contributed by atoms with Gasteiger partial charge in [-0.15, -0.1) is 0 Å². The van der Waals surface area contributed by atoms with Crippen LogP contribution in [-0.2, 0) is 6.54 Å². The maximum absolute atomic E-state index is 4.60. The van der Waals surface area contributed by atoms with Gasteiger partial charge < -0.3 is 5.32 Å². The molecule has 1 rings (SSSR count). The number of likely N-dealkylation sites (N-methyl/N-ethyl adjacent to an activating group) is 2. The van der Waals surface area contributed by atoms with Gasteiger partial charge in [0.15, 0.2) is 0 Å². The van der Waals surface area contributed by atoms with Crippen molar-refractivity contribution in [2.24, 2.45) is 0 Å². The van der Waals surface area contributed by atoms with Crippen LogP contribution in [0.5, 0.6) is 0 Å². The van der Waals surface area contributed by atoms with Gasteiger partial charge in [-0.25, -0.2) is 0 Å². The second kappa shape index (κ2) is 9.05. The van der Waals surface area contributed by atoms with Gasteiger partial charge >= 0.3 is 0 Å². The van der Waals surface area contributed by atoms with Gasteiger partial charge in [0.25, 0.3) is 0 Å². The molecule has 0 saturated carbocycles. The number of rotatable bonds is 9. The molecule has 1 N–H and O–H groups in total. The normalized spacial score (nSPS) is 12.9. The highest BCUT2D eigenvalue weighted by Gasteiger charge is 2.12. The minimum Gasteiger partial charge on any atom is -0.313 e. The van der Waals surface area contributed by atoms with Crippen molar-refractivity contribution in [3.63, 3.8) is 0 Å². The summed E-state index contributed by atoms with van der Waals surface area (Å²) < 4.78 is 0. The Kier molecular flexibility index (Phi) is 7.68. The van der Waals surface area contributed by atoms with E-state index in [9.17, 15) is 0 Å². The lowest BCUT2D eigenvalue weighted by Crippen LogP contribution is -2.40. The highest BCUT2D eigenvalue weighted by Crippen LogP contribution is 2.06. The van der Waals surface area contributed by atoms with Gasteiger partial charge in [0.2, 0.25) is 0 Å². The zero-order valence-corrected chi connectivity index (χ0v) is 12.9. The molecule has 3 heteroatoms. The molecule has 0 aromatic carbocycles. The van der Waals surface area contributed by atoms with Crippen LogP contribution in [-0.4, -0.2) is 35.6 Å². The first-order chi connectivity index (χ1) is 9.19. The first-order valence-electron chi connectivity index (χ1n) is 7.57. The average Bonchev–Trinajstić information content (AvgIpc) is 2.38. The summed E-state index contributed by atoms with van der Waals surface area (Å²) in [4.78, 5) is 7.08. The van der Waals surface area contributed by atoms with Gasteiger partial charge in [-0.05, 0) is 38.6 Å². The van der Waals surface area contributed by atoms with Crippen molar-refractivity contribution in [3.8, 4) is 0 Å². The maximum Gasteiger partial charge on any atom is 0.0547 e. The Morgan fingerprint density at radius 1 is 1.26 bits per heavy atom. The van der Waals surface area contributed by atoms with E-state index in [2.05, 4.69) is 61.1 Å². The molecule has 1 aromatic rings. The van der Waals surface area contributed by atoms with Crippen molar-refractivity contribution < 1.29 is 0 Å². The molecule has 0 radical (unpaired) electrons. The van der Waals surface area contributed by atoms with E-state index < -0.39 is 0 Å². The molecule has 0 aliphatic carbocycles. The second-order valence-corrected chi connectivity index (χ2v) is 5.14. The molecular formula is C16H29N3. The molecule has 1 aromatic heterocycles. The molecule has 1 heterocycles. The molecule has 0 fully saturated rings. The lowest BCUT2D eigenvalue weighted by Gasteiger charge is -2.26. The molecule has 1 atom stereocenters. The summed E-state index contributed by atoms with van der Waals surface area (Å²) in [5.41, 5.74) is 2.28. The average molecular weight is 263 g/mol. The monoisotopic (exact) mass is 263 g/mol. The van der Waals surface area contributed by atoms with E-state index in [-0.39, 0.29) is 0 Å². The van der Waals surface area contributed by atoms with E-state index in [4.69, 9.17) is 0 Å². The van der Waals surface area contributed by atoms with Crippen LogP contribution in [0.2, 0.25) is 0 Å². The summed E-state index contributed by atoms with van der Waals surface area (Å²) >= 11 is 0. The van der Waals surface area contributed by atoms with Crippen molar-refractivity contribution in [1.29, 1.82) is 0 Å². The topological polar surface area (TPSA) is 28.2 Å². The molecule has 0 aliphatic heterocycles. The van der Waals surface area contributed by atoms with E-state index in [1.54, 1.807) is 0 Å². The largest absolute Gasteiger partial charge is 0.313 e. The Hall–Kier alpha value is -0.930. The number of pyridine rings is 1. The van der Waals surface area contributed by atoms with Crippen LogP contribution in [0.4, 0.5) is 0 Å². The lowest BCUT2D eigenvalue weighted by molar-refractivity contribution is 0.237. The molecule has 0 amide bonds. The summed E-state index contributed by atoms with van der Waals surface area (Å²) in [6, 6.07) is 6.87. The number of nitrogens with zero attached hydrogens (tertiary/aromatic N) is 2. The fraction of sp³-hybridized carbons (Fsp3) is 0.688. The van der Waals surface area contributed by atoms with Gasteiger partial charge in [0.1, 0.15) is 0 Å². The molecule has 19 heavy (non-hydrogen) atoms. The van der Waals surface area contributed by atoms with E-state index in [1.807, 2.05) is 0 Å². The van der Waals surface area contributed by atoms with E-state index in [0.29, 0.717) is 6.04 Å². The molecule has 108 valence electrons. The molecule has 0 spiro atoms. The molecule has 3 nitrogen and oxygen atoms in total. The van der Waals surface area contributed by atoms with Gasteiger partial charge in [-0.2, -0.15) is 0 Å². The van der Waals surface area contributed by atoms with Crippen molar-refractivity contribution in [2.45, 2.75) is 53.1 Å². The van der Waals surface area contributed by atoms with Gasteiger partial charge in [-0.1, -0.05) is 33.3 Å². The number of hydrogen-bond acceptors (Lipinski definition) is 3. The zero-order valence-electron chi connectivity index (χ0n) is 12.9. The van der Waals surface area contributed by atoms with Gasteiger partial charge in [0.05, 0.1) is 5.69 Å². The third-order valence-corrected chi connectivity index (χ3v) is 3.39. The van der Waals surface area contributed by atoms with E-state index >= 15 is 0 Å². The highest BCUT2D eigenvalue weighted by atomic mass is 15.1. The Balaban J connectivity index is 2.56. The van der Waals surface area contributed by atoms with Crippen LogP contribution in [0.15, 0.2) is 18.2 Å². The van der Waals surface area contributed by atoms with Crippen LogP contribution < -0.4 is 5.32 Å². The van der Waals surface area contributed by atoms with Crippen molar-refractivity contribution in [2.75, 3.05) is 19.6 Å². The van der Waals surface area contributed by atoms with Crippen LogP contribution in [0.1, 0.15) is 45.0 Å². The first-order valence-corrected chi connectivity index (χ1v) is 7.57. The Morgan fingerprint density at radius 3 is 2.63 bits per heavy atom. The number of aromatic nitrogens is 1. The van der Waals surface area contributed by atoms with Crippen molar-refractivity contribution >= 4 is 0 Å². The summed E-state index contributed by atoms with van der Waals surface area (Å²) in [6.07, 6.45) is 2.48. The van der Waals surface area contributed by atoms with E-state index in [0.717, 1.165) is 31.9 Å². The molecule has 0 aliphatic rings. The minimum atomic E-state index is 0.597. The third kappa shape index (κ3) is 6.17. The highest BCUT2D eigenvalue weighted by molar-refractivity contribution is 5.09. The SMILES string of the molecule is CCCC(CN(CC)Cc1cccc(C)n1)NCC. The zero-order chi connectivity index (χ0) is 14.1. The molecule has 1 unspecified atom stereocenters. The van der Waals surface area contributed by atoms with E-state index in [1.165, 1.54) is 18.5 Å². The molecular weight excluding hydrogens is 234 g/mol. The third-order valence-electron chi connectivity index (χ3n) is 3.39. The Bertz CT molecular complexity index is 346. The maximum atomic E-state index is 4.60. The quantitative estimate of drug-likeness (QED) is 0.742. The summed E-state index contributed by atoms with van der Waals surface area (Å²) in [5, 5.41) is 3.58. The number of nitrogens with one attached hydrogen (secondary N) is 1. The molecule has 0 bridgehead atoms. The molecule has 0 saturated heterocycles. The van der Waals surface area contributed by atoms with Crippen molar-refractivity contribution in [1.82, 2.24) is 15.2 Å². The fourth-order valence-electron chi connectivity index (χ4n) is 2.43. The first kappa shape index (κ1) is 16.1. The number of aryl methyl sites for hydroxylation is 1. The lowest BCUT2D eigenvalue weighted by atomic mass is 10.1. The summed E-state index contributed by atoms with van der Waals surface area (Å²) in [6.45, 7) is 12.9. The standard InChI is InChI=1S/C16H29N3/c1-5-9-15(17-6-2)12-19(7-3)13-16-11-8-10-14(4)18-16/h8,10-11,15,17H,5-7,9,12-13H2,1-4H3. The van der Waals surface area contributed by atoms with Gasteiger partial charge in [-0.3, -0.25) is 9.88 Å². The summed E-state index contributed by atoms with van der Waals surface area (Å²) in [5.74, 6) is 0. The predicted octanol–water partition coefficient (Wildman–Crippen LogP) is 2.99. The Morgan fingerprint density at radius 2 is 2.05 bits per heavy atom. The summed E-state index contributed by atoms with van der Waals surface area (Å²) in [7, 11) is 0. The smallest absolute Gasteiger partial charge is 0.0547 e. The van der Waals surface area contributed by atoms with Crippen molar-refractivity contribution in [3.05, 3.63) is 29.6 Å². The van der Waals surface area contributed by atoms with Gasteiger partial charge in [0, 0.05) is 24.8 Å².